The molecule has 1 fully saturated rings. The molecule has 2 atom stereocenters. The van der Waals surface area contributed by atoms with Crippen LogP contribution in [0, 0.1) is 17.5 Å². The molecule has 0 aliphatic carbocycles. The van der Waals surface area contributed by atoms with Gasteiger partial charge in [0.15, 0.2) is 11.4 Å². The predicted molar refractivity (Wildman–Crippen MR) is 155 cm³/mol. The number of likely N-dealkylation sites (tertiary alicyclic amines) is 1. The molecule has 234 valence electrons. The van der Waals surface area contributed by atoms with E-state index < -0.39 is 58.1 Å². The van der Waals surface area contributed by atoms with Crippen molar-refractivity contribution in [2.75, 3.05) is 13.2 Å². The number of aliphatic hydroxyl groups is 1. The van der Waals surface area contributed by atoms with Gasteiger partial charge in [0.25, 0.3) is 11.8 Å². The number of halogens is 3. The van der Waals surface area contributed by atoms with Crippen molar-refractivity contribution in [3.05, 3.63) is 98.7 Å². The number of pyridine rings is 1. The first-order valence-electron chi connectivity index (χ1n) is 14.0. The van der Waals surface area contributed by atoms with Crippen molar-refractivity contribution in [1.29, 1.82) is 0 Å². The Labute approximate surface area is 251 Å². The fourth-order valence-corrected chi connectivity index (χ4v) is 4.69. The number of aromatic amines is 1. The normalized spacial score (nSPS) is 17.1. The average molecular weight is 615 g/mol. The van der Waals surface area contributed by atoms with E-state index in [1.54, 1.807) is 42.2 Å². The summed E-state index contributed by atoms with van der Waals surface area (Å²) in [4.78, 5) is 50.2. The third-order valence-electron chi connectivity index (χ3n) is 7.23. The van der Waals surface area contributed by atoms with E-state index in [-0.39, 0.29) is 37.6 Å². The number of hydrogen-bond donors (Lipinski definition) is 3. The number of aliphatic hydroxyl groups excluding tert-OH is 1. The zero-order chi connectivity index (χ0) is 31.8. The first-order valence-corrected chi connectivity index (χ1v) is 14.0. The second-order valence-corrected chi connectivity index (χ2v) is 10.5. The highest BCUT2D eigenvalue weighted by Gasteiger charge is 2.31. The number of rotatable bonds is 10. The summed E-state index contributed by atoms with van der Waals surface area (Å²) in [5.74, 6) is -5.41. The summed E-state index contributed by atoms with van der Waals surface area (Å²) in [6, 6.07) is 9.59. The number of nitrogens with one attached hydrogen (secondary N) is 2. The highest BCUT2D eigenvalue weighted by molar-refractivity contribution is 5.98. The highest BCUT2D eigenvalue weighted by Crippen LogP contribution is 2.24. The van der Waals surface area contributed by atoms with Crippen LogP contribution in [0.25, 0.3) is 0 Å². The lowest BCUT2D eigenvalue weighted by molar-refractivity contribution is 0.0463. The molecule has 0 unspecified atom stereocenters. The van der Waals surface area contributed by atoms with Crippen LogP contribution < -0.4 is 15.5 Å². The molecule has 2 aromatic carbocycles. The van der Waals surface area contributed by atoms with Gasteiger partial charge in [-0.2, -0.15) is 0 Å². The van der Waals surface area contributed by atoms with Gasteiger partial charge in [0, 0.05) is 49.4 Å². The lowest BCUT2D eigenvalue weighted by Crippen LogP contribution is -2.40. The van der Waals surface area contributed by atoms with E-state index in [0.717, 1.165) is 6.20 Å². The number of oxime groups is 1. The molecular weight excluding hydrogens is 581 g/mol. The third kappa shape index (κ3) is 7.84. The van der Waals surface area contributed by atoms with Gasteiger partial charge in [0.05, 0.1) is 12.3 Å². The second kappa shape index (κ2) is 14.7. The second-order valence-electron chi connectivity index (χ2n) is 10.5. The molecule has 1 aromatic heterocycles. The van der Waals surface area contributed by atoms with E-state index in [1.807, 2.05) is 6.92 Å². The Morgan fingerprint density at radius 2 is 1.82 bits per heavy atom. The van der Waals surface area contributed by atoms with Gasteiger partial charge in [-0.05, 0) is 32.3 Å². The van der Waals surface area contributed by atoms with Gasteiger partial charge in [-0.15, -0.1) is 0 Å². The zero-order valence-corrected chi connectivity index (χ0v) is 24.2. The van der Waals surface area contributed by atoms with Crippen LogP contribution in [0.4, 0.5) is 13.2 Å². The molecule has 3 N–H and O–H groups in total. The Kier molecular flexibility index (Phi) is 10.8. The van der Waals surface area contributed by atoms with Crippen LogP contribution in [-0.4, -0.2) is 57.8 Å². The van der Waals surface area contributed by atoms with Crippen molar-refractivity contribution in [3.63, 3.8) is 0 Å². The van der Waals surface area contributed by atoms with Crippen molar-refractivity contribution < 1.29 is 37.4 Å². The smallest absolute Gasteiger partial charge is 0.274 e. The summed E-state index contributed by atoms with van der Waals surface area (Å²) in [5, 5.41) is 15.3. The molecule has 1 aliphatic rings. The number of amides is 2. The van der Waals surface area contributed by atoms with E-state index in [0.29, 0.717) is 42.7 Å². The van der Waals surface area contributed by atoms with Gasteiger partial charge < -0.3 is 29.9 Å². The monoisotopic (exact) mass is 614 g/mol. The Morgan fingerprint density at radius 3 is 2.50 bits per heavy atom. The number of nitrogens with zero attached hydrogens (tertiary/aromatic N) is 2. The molecule has 4 rings (SSSR count). The van der Waals surface area contributed by atoms with Gasteiger partial charge in [-0.3, -0.25) is 14.4 Å². The fourth-order valence-electron chi connectivity index (χ4n) is 4.69. The maximum Gasteiger partial charge on any atom is 0.274 e. The highest BCUT2D eigenvalue weighted by atomic mass is 19.1. The van der Waals surface area contributed by atoms with E-state index >= 15 is 0 Å². The molecule has 0 saturated carbocycles. The number of carbonyl (C=O) groups is 2. The van der Waals surface area contributed by atoms with Crippen LogP contribution in [0.3, 0.4) is 0 Å². The van der Waals surface area contributed by atoms with Crippen LogP contribution in [0.2, 0.25) is 0 Å². The first-order chi connectivity index (χ1) is 21.1. The molecular formula is C31H33F3N4O6. The number of hydrogen-bond acceptors (Lipinski definition) is 7. The number of benzene rings is 2. The van der Waals surface area contributed by atoms with Crippen molar-refractivity contribution in [2.24, 2.45) is 5.16 Å². The van der Waals surface area contributed by atoms with E-state index in [4.69, 9.17) is 14.7 Å². The Balaban J connectivity index is 1.60. The maximum absolute atomic E-state index is 14.1. The summed E-state index contributed by atoms with van der Waals surface area (Å²) < 4.78 is 47.3. The molecule has 10 nitrogen and oxygen atoms in total. The van der Waals surface area contributed by atoms with Gasteiger partial charge in [-0.1, -0.05) is 35.5 Å². The molecule has 44 heavy (non-hydrogen) atoms. The van der Waals surface area contributed by atoms with Gasteiger partial charge in [-0.25, -0.2) is 13.2 Å². The molecule has 1 saturated heterocycles. The lowest BCUT2D eigenvalue weighted by Gasteiger charge is -2.27. The summed E-state index contributed by atoms with van der Waals surface area (Å²) >= 11 is 0. The molecule has 3 aromatic rings. The Bertz CT molecular complexity index is 1560. The van der Waals surface area contributed by atoms with Crippen LogP contribution in [0.1, 0.15) is 65.1 Å². The SMILES string of the molecule is C/C(CO)=N\O[C@@H]1CC[C@H](C)N(C(=O)c2[nH]cc(C(=O)NCc3c(F)cc(F)cc3F)c(=O)c2OCc2ccccc2)CC1. The predicted octanol–water partition coefficient (Wildman–Crippen LogP) is 4.07. The van der Waals surface area contributed by atoms with Gasteiger partial charge >= 0.3 is 0 Å². The Hall–Kier alpha value is -4.65. The van der Waals surface area contributed by atoms with E-state index in [2.05, 4.69) is 15.5 Å². The topological polar surface area (TPSA) is 133 Å². The molecule has 13 heteroatoms. The molecule has 1 aliphatic heterocycles. The standard InChI is InChI=1S/C31H33F3N4O6/c1-18(16-39)37-44-22-9-8-19(2)38(11-10-22)31(42)27-29(43-17-20-6-4-3-5-7-20)28(40)24(15-35-27)30(41)36-14-23-25(33)12-21(32)13-26(23)34/h3-7,12-13,15,19,22,39H,8-11,14,16-17H2,1-2H3,(H,35,40)(H,36,41)/b37-18+/t19-,22+/m0/s1. The fraction of sp³-hybridized carbons (Fsp3) is 0.355. The van der Waals surface area contributed by atoms with Crippen LogP contribution in [0.5, 0.6) is 5.75 Å². The summed E-state index contributed by atoms with van der Waals surface area (Å²) in [6.45, 7) is 2.78. The van der Waals surface area contributed by atoms with Crippen molar-refractivity contribution in [2.45, 2.75) is 58.4 Å². The van der Waals surface area contributed by atoms with Crippen LogP contribution in [0.15, 0.2) is 58.6 Å². The van der Waals surface area contributed by atoms with E-state index in [9.17, 15) is 27.6 Å². The molecule has 0 spiro atoms. The van der Waals surface area contributed by atoms with Crippen molar-refractivity contribution >= 4 is 17.5 Å². The van der Waals surface area contributed by atoms with Gasteiger partial charge in [0.2, 0.25) is 5.43 Å². The first kappa shape index (κ1) is 32.3. The van der Waals surface area contributed by atoms with Crippen LogP contribution in [-0.2, 0) is 18.0 Å². The number of aromatic nitrogens is 1. The summed E-state index contributed by atoms with van der Waals surface area (Å²) in [7, 11) is 0. The Morgan fingerprint density at radius 1 is 1.11 bits per heavy atom. The minimum absolute atomic E-state index is 0.0883. The van der Waals surface area contributed by atoms with Gasteiger partial charge in [0.1, 0.15) is 35.7 Å². The average Bonchev–Trinajstić information content (AvgIpc) is 3.19. The number of ether oxygens (including phenoxy) is 1. The summed E-state index contributed by atoms with van der Waals surface area (Å²) in [6.07, 6.45) is 2.38. The molecule has 0 bridgehead atoms. The van der Waals surface area contributed by atoms with Crippen molar-refractivity contribution in [3.8, 4) is 5.75 Å². The minimum Gasteiger partial charge on any atom is -0.483 e. The quantitative estimate of drug-likeness (QED) is 0.233. The third-order valence-corrected chi connectivity index (χ3v) is 7.23. The zero-order valence-electron chi connectivity index (χ0n) is 24.2. The minimum atomic E-state index is -1.20. The largest absolute Gasteiger partial charge is 0.483 e. The molecule has 0 radical (unpaired) electrons. The molecule has 2 amide bonds. The lowest BCUT2D eigenvalue weighted by atomic mass is 10.1. The van der Waals surface area contributed by atoms with Crippen LogP contribution >= 0.6 is 0 Å². The molecule has 2 heterocycles. The number of H-pyrrole nitrogens is 1. The number of carbonyl (C=O) groups excluding carboxylic acids is 2. The van der Waals surface area contributed by atoms with Crippen molar-refractivity contribution in [1.82, 2.24) is 15.2 Å². The summed E-state index contributed by atoms with van der Waals surface area (Å²) in [5.41, 5.74) is -0.994. The maximum atomic E-state index is 14.1. The van der Waals surface area contributed by atoms with E-state index in [1.165, 1.54) is 0 Å².